The lowest BCUT2D eigenvalue weighted by Crippen LogP contribution is -2.33. The molecule has 23 heavy (non-hydrogen) atoms. The van der Waals surface area contributed by atoms with Gasteiger partial charge in [-0.25, -0.2) is 9.67 Å². The number of ether oxygens (including phenoxy) is 2. The van der Waals surface area contributed by atoms with E-state index < -0.39 is 5.79 Å². The van der Waals surface area contributed by atoms with Gasteiger partial charge in [-0.3, -0.25) is 0 Å². The molecule has 3 aromatic rings. The highest BCUT2D eigenvalue weighted by Gasteiger charge is 2.45. The largest absolute Gasteiger partial charge is 0.454 e. The lowest BCUT2D eigenvalue weighted by molar-refractivity contribution is -0.198. The molecule has 1 aliphatic rings. The first-order valence-corrected chi connectivity index (χ1v) is 7.84. The van der Waals surface area contributed by atoms with Crippen molar-refractivity contribution in [1.82, 2.24) is 14.8 Å². The Hall–Kier alpha value is -1.60. The fourth-order valence-corrected chi connectivity index (χ4v) is 3.27. The Morgan fingerprint density at radius 3 is 2.91 bits per heavy atom. The minimum absolute atomic E-state index is 0.0641. The SMILES string of the molecule is C[C@H]1CO[C@@](Cn2cncn2)(c2cc3cc(Cl)cc(Cl)c3o2)O1. The Bertz CT molecular complexity index is 849. The molecule has 1 fully saturated rings. The van der Waals surface area contributed by atoms with Gasteiger partial charge >= 0.3 is 0 Å². The highest BCUT2D eigenvalue weighted by atomic mass is 35.5. The van der Waals surface area contributed by atoms with Crippen molar-refractivity contribution >= 4 is 34.2 Å². The second-order valence-corrected chi connectivity index (χ2v) is 6.35. The van der Waals surface area contributed by atoms with E-state index in [0.717, 1.165) is 5.39 Å². The van der Waals surface area contributed by atoms with Crippen LogP contribution in [0.25, 0.3) is 11.0 Å². The summed E-state index contributed by atoms with van der Waals surface area (Å²) in [5.74, 6) is -0.543. The molecular formula is C15H13Cl2N3O3. The Morgan fingerprint density at radius 2 is 2.22 bits per heavy atom. The van der Waals surface area contributed by atoms with Crippen LogP contribution in [0.15, 0.2) is 35.3 Å². The van der Waals surface area contributed by atoms with E-state index in [2.05, 4.69) is 10.1 Å². The van der Waals surface area contributed by atoms with Gasteiger partial charge in [-0.1, -0.05) is 23.2 Å². The van der Waals surface area contributed by atoms with Crippen LogP contribution in [-0.2, 0) is 21.8 Å². The first-order chi connectivity index (χ1) is 11.1. The fourth-order valence-electron chi connectivity index (χ4n) is 2.73. The maximum absolute atomic E-state index is 6.21. The number of nitrogens with zero attached hydrogens (tertiary/aromatic N) is 3. The van der Waals surface area contributed by atoms with E-state index in [1.165, 1.54) is 6.33 Å². The molecule has 2 aromatic heterocycles. The van der Waals surface area contributed by atoms with E-state index in [9.17, 15) is 0 Å². The molecule has 0 bridgehead atoms. The summed E-state index contributed by atoms with van der Waals surface area (Å²) in [6.07, 6.45) is 3.00. The third kappa shape index (κ3) is 2.61. The molecule has 0 unspecified atom stereocenters. The van der Waals surface area contributed by atoms with Crippen LogP contribution in [0.2, 0.25) is 10.0 Å². The van der Waals surface area contributed by atoms with Gasteiger partial charge < -0.3 is 13.9 Å². The van der Waals surface area contributed by atoms with Crippen LogP contribution in [0.4, 0.5) is 0 Å². The van der Waals surface area contributed by atoms with E-state index in [1.54, 1.807) is 23.1 Å². The topological polar surface area (TPSA) is 62.3 Å². The standard InChI is InChI=1S/C15H13Cl2N3O3/c1-9-5-21-15(23-9,6-20-8-18-7-19-20)13-3-10-2-11(16)4-12(17)14(10)22-13/h2-4,7-9H,5-6H2,1H3/t9-,15+/m0/s1. The van der Waals surface area contributed by atoms with E-state index in [1.807, 2.05) is 13.0 Å². The van der Waals surface area contributed by atoms with E-state index in [-0.39, 0.29) is 6.10 Å². The average Bonchev–Trinajstić information content (AvgIpc) is 3.19. The quantitative estimate of drug-likeness (QED) is 0.719. The summed E-state index contributed by atoms with van der Waals surface area (Å²) in [5, 5.41) is 5.90. The zero-order valence-electron chi connectivity index (χ0n) is 12.2. The molecule has 8 heteroatoms. The number of halogens is 2. The second-order valence-electron chi connectivity index (χ2n) is 5.50. The molecule has 0 aliphatic carbocycles. The smallest absolute Gasteiger partial charge is 0.249 e. The Labute approximate surface area is 141 Å². The summed E-state index contributed by atoms with van der Waals surface area (Å²) in [7, 11) is 0. The van der Waals surface area contributed by atoms with Crippen molar-refractivity contribution in [2.75, 3.05) is 6.61 Å². The maximum Gasteiger partial charge on any atom is 0.249 e. The van der Waals surface area contributed by atoms with Crippen LogP contribution in [-0.4, -0.2) is 27.5 Å². The zero-order valence-corrected chi connectivity index (χ0v) is 13.7. The predicted octanol–water partition coefficient (Wildman–Crippen LogP) is 3.62. The number of benzene rings is 1. The minimum Gasteiger partial charge on any atom is -0.454 e. The van der Waals surface area contributed by atoms with Gasteiger partial charge in [-0.05, 0) is 25.1 Å². The molecule has 4 rings (SSSR count). The van der Waals surface area contributed by atoms with Crippen LogP contribution in [0, 0.1) is 0 Å². The number of aromatic nitrogens is 3. The van der Waals surface area contributed by atoms with Crippen molar-refractivity contribution in [3.63, 3.8) is 0 Å². The molecule has 1 saturated heterocycles. The molecular weight excluding hydrogens is 341 g/mol. The number of fused-ring (bicyclic) bond motifs is 1. The molecule has 120 valence electrons. The van der Waals surface area contributed by atoms with Gasteiger partial charge in [0.1, 0.15) is 19.2 Å². The average molecular weight is 354 g/mol. The van der Waals surface area contributed by atoms with Gasteiger partial charge in [0, 0.05) is 10.4 Å². The molecule has 2 atom stereocenters. The van der Waals surface area contributed by atoms with E-state index >= 15 is 0 Å². The lowest BCUT2D eigenvalue weighted by Gasteiger charge is -2.25. The minimum atomic E-state index is -1.07. The third-order valence-corrected chi connectivity index (χ3v) is 4.19. The molecule has 0 saturated carbocycles. The van der Waals surface area contributed by atoms with Crippen molar-refractivity contribution in [3.8, 4) is 0 Å². The highest BCUT2D eigenvalue weighted by molar-refractivity contribution is 6.38. The van der Waals surface area contributed by atoms with Crippen molar-refractivity contribution in [3.05, 3.63) is 46.7 Å². The molecule has 0 spiro atoms. The van der Waals surface area contributed by atoms with Crippen molar-refractivity contribution in [2.45, 2.75) is 25.4 Å². The molecule has 1 aromatic carbocycles. The summed E-state index contributed by atoms with van der Waals surface area (Å²) in [6.45, 7) is 2.72. The van der Waals surface area contributed by atoms with Crippen LogP contribution in [0.5, 0.6) is 0 Å². The summed E-state index contributed by atoms with van der Waals surface area (Å²) >= 11 is 12.3. The number of hydrogen-bond acceptors (Lipinski definition) is 5. The van der Waals surface area contributed by atoms with E-state index in [4.69, 9.17) is 37.1 Å². The number of furan rings is 1. The monoisotopic (exact) mass is 353 g/mol. The van der Waals surface area contributed by atoms with Gasteiger partial charge in [0.15, 0.2) is 11.3 Å². The summed E-state index contributed by atoms with van der Waals surface area (Å²) in [6, 6.07) is 5.27. The Kier molecular flexibility index (Phi) is 3.57. The van der Waals surface area contributed by atoms with Gasteiger partial charge in [0.05, 0.1) is 17.7 Å². The van der Waals surface area contributed by atoms with Gasteiger partial charge in [-0.15, -0.1) is 0 Å². The Morgan fingerprint density at radius 1 is 1.35 bits per heavy atom. The van der Waals surface area contributed by atoms with Crippen LogP contribution < -0.4 is 0 Å². The summed E-state index contributed by atoms with van der Waals surface area (Å²) in [5.41, 5.74) is 0.552. The van der Waals surface area contributed by atoms with Crippen LogP contribution in [0.3, 0.4) is 0 Å². The number of rotatable bonds is 3. The zero-order chi connectivity index (χ0) is 16.0. The molecule has 0 N–H and O–H groups in total. The molecule has 1 aliphatic heterocycles. The van der Waals surface area contributed by atoms with Crippen molar-refractivity contribution < 1.29 is 13.9 Å². The molecule has 0 amide bonds. The lowest BCUT2D eigenvalue weighted by atomic mass is 10.2. The second kappa shape index (κ2) is 5.49. The fraction of sp³-hybridized carbons (Fsp3) is 0.333. The predicted molar refractivity (Wildman–Crippen MR) is 84.4 cm³/mol. The van der Waals surface area contributed by atoms with Crippen LogP contribution >= 0.6 is 23.2 Å². The van der Waals surface area contributed by atoms with Crippen molar-refractivity contribution in [2.24, 2.45) is 0 Å². The summed E-state index contributed by atoms with van der Waals surface area (Å²) in [4.78, 5) is 3.95. The third-order valence-electron chi connectivity index (χ3n) is 3.69. The van der Waals surface area contributed by atoms with Crippen molar-refractivity contribution in [1.29, 1.82) is 0 Å². The summed E-state index contributed by atoms with van der Waals surface area (Å²) < 4.78 is 19.5. The first kappa shape index (κ1) is 15.0. The first-order valence-electron chi connectivity index (χ1n) is 7.09. The van der Waals surface area contributed by atoms with Crippen LogP contribution in [0.1, 0.15) is 12.7 Å². The van der Waals surface area contributed by atoms with Gasteiger partial charge in [0.2, 0.25) is 5.79 Å². The van der Waals surface area contributed by atoms with Gasteiger partial charge in [-0.2, -0.15) is 5.10 Å². The highest BCUT2D eigenvalue weighted by Crippen LogP contribution is 2.40. The van der Waals surface area contributed by atoms with E-state index in [0.29, 0.717) is 34.5 Å². The Balaban J connectivity index is 1.82. The maximum atomic E-state index is 6.21. The molecule has 6 nitrogen and oxygen atoms in total. The number of hydrogen-bond donors (Lipinski definition) is 0. The molecule has 3 heterocycles. The van der Waals surface area contributed by atoms with Gasteiger partial charge in [0.25, 0.3) is 0 Å². The normalized spacial score (nSPS) is 24.6. The molecule has 0 radical (unpaired) electrons.